The molecule has 1 heterocycles. The van der Waals surface area contributed by atoms with Gasteiger partial charge in [0.25, 0.3) is 0 Å². The highest BCUT2D eigenvalue weighted by Crippen LogP contribution is 2.29. The lowest BCUT2D eigenvalue weighted by molar-refractivity contribution is -0.141. The minimum absolute atomic E-state index is 0.108. The zero-order valence-electron chi connectivity index (χ0n) is 13.7. The number of fused-ring (bicyclic) bond motifs is 1. The molecule has 7 nitrogen and oxygen atoms in total. The lowest BCUT2D eigenvalue weighted by Gasteiger charge is -2.22. The first-order valence-electron chi connectivity index (χ1n) is 7.62. The predicted molar refractivity (Wildman–Crippen MR) is 83.2 cm³/mol. The molecule has 0 saturated heterocycles. The van der Waals surface area contributed by atoms with E-state index in [1.165, 1.54) is 31.0 Å². The van der Waals surface area contributed by atoms with Crippen molar-refractivity contribution in [2.75, 3.05) is 26.9 Å². The molecule has 0 radical (unpaired) electrons. The Labute approximate surface area is 139 Å². The van der Waals surface area contributed by atoms with E-state index >= 15 is 0 Å². The van der Waals surface area contributed by atoms with E-state index in [1.54, 1.807) is 0 Å². The van der Waals surface area contributed by atoms with Crippen molar-refractivity contribution in [3.8, 4) is 5.75 Å². The van der Waals surface area contributed by atoms with Crippen LogP contribution in [0.15, 0.2) is 12.1 Å². The summed E-state index contributed by atoms with van der Waals surface area (Å²) in [5.41, 5.74) is 1.31. The second-order valence-corrected chi connectivity index (χ2v) is 5.77. The average molecular weight is 340 g/mol. The van der Waals surface area contributed by atoms with Crippen molar-refractivity contribution >= 4 is 12.0 Å². The highest BCUT2D eigenvalue weighted by molar-refractivity contribution is 5.75. The second kappa shape index (κ2) is 7.96. The summed E-state index contributed by atoms with van der Waals surface area (Å²) >= 11 is 0. The largest absolute Gasteiger partial charge is 0.481 e. The number of carbonyl (C=O) groups excluding carboxylic acids is 1. The van der Waals surface area contributed by atoms with Gasteiger partial charge in [-0.3, -0.25) is 4.79 Å². The van der Waals surface area contributed by atoms with Gasteiger partial charge in [-0.1, -0.05) is 6.92 Å². The van der Waals surface area contributed by atoms with Gasteiger partial charge in [0.1, 0.15) is 11.6 Å². The van der Waals surface area contributed by atoms with Gasteiger partial charge in [0.2, 0.25) is 0 Å². The molecule has 1 atom stereocenters. The summed E-state index contributed by atoms with van der Waals surface area (Å²) in [5, 5.41) is 11.5. The fourth-order valence-electron chi connectivity index (χ4n) is 2.45. The number of halogens is 1. The number of hydrogen-bond acceptors (Lipinski definition) is 4. The topological polar surface area (TPSA) is 88.1 Å². The molecular formula is C16H21FN2O5. The summed E-state index contributed by atoms with van der Waals surface area (Å²) in [6.45, 7) is 2.34. The molecule has 1 aliphatic heterocycles. The van der Waals surface area contributed by atoms with Crippen molar-refractivity contribution < 1.29 is 28.6 Å². The highest BCUT2D eigenvalue weighted by atomic mass is 19.1. The van der Waals surface area contributed by atoms with Crippen LogP contribution >= 0.6 is 0 Å². The Morgan fingerprint density at radius 2 is 2.21 bits per heavy atom. The molecule has 1 aromatic rings. The molecule has 0 aliphatic carbocycles. The van der Waals surface area contributed by atoms with Crippen molar-refractivity contribution in [2.24, 2.45) is 5.92 Å². The average Bonchev–Trinajstić information content (AvgIpc) is 2.54. The Bertz CT molecular complexity index is 623. The first-order valence-corrected chi connectivity index (χ1v) is 7.62. The summed E-state index contributed by atoms with van der Waals surface area (Å²) in [5.74, 6) is -1.38. The first kappa shape index (κ1) is 18.0. The summed E-state index contributed by atoms with van der Waals surface area (Å²) < 4.78 is 24.2. The number of carboxylic acids is 1. The third-order valence-corrected chi connectivity index (χ3v) is 3.74. The minimum atomic E-state index is -0.958. The third-order valence-electron chi connectivity index (χ3n) is 3.74. The molecule has 8 heteroatoms. The molecule has 132 valence electrons. The van der Waals surface area contributed by atoms with Crippen LogP contribution in [0.2, 0.25) is 0 Å². The van der Waals surface area contributed by atoms with Gasteiger partial charge in [-0.25, -0.2) is 9.18 Å². The SMILES string of the molecule is CC(CN(C)C(=O)NCCc1cc(F)cc2c1OCOC2)C(=O)O. The van der Waals surface area contributed by atoms with Gasteiger partial charge < -0.3 is 24.8 Å². The number of carboxylic acid groups (broad SMARTS) is 1. The van der Waals surface area contributed by atoms with Crippen LogP contribution in [-0.4, -0.2) is 48.9 Å². The van der Waals surface area contributed by atoms with E-state index in [2.05, 4.69) is 5.32 Å². The maximum absolute atomic E-state index is 13.6. The fraction of sp³-hybridized carbons (Fsp3) is 0.500. The van der Waals surface area contributed by atoms with E-state index in [9.17, 15) is 14.0 Å². The molecule has 1 unspecified atom stereocenters. The Hall–Kier alpha value is -2.35. The Morgan fingerprint density at radius 3 is 2.92 bits per heavy atom. The predicted octanol–water partition coefficient (Wildman–Crippen LogP) is 1.60. The maximum Gasteiger partial charge on any atom is 0.317 e. The number of carbonyl (C=O) groups is 2. The number of amides is 2. The van der Waals surface area contributed by atoms with E-state index in [-0.39, 0.29) is 31.7 Å². The van der Waals surface area contributed by atoms with E-state index in [1.807, 2.05) is 0 Å². The number of nitrogens with zero attached hydrogens (tertiary/aromatic N) is 1. The molecule has 1 aromatic carbocycles. The van der Waals surface area contributed by atoms with Crippen molar-refractivity contribution in [2.45, 2.75) is 20.0 Å². The minimum Gasteiger partial charge on any atom is -0.481 e. The Morgan fingerprint density at radius 1 is 1.46 bits per heavy atom. The third kappa shape index (κ3) is 4.58. The quantitative estimate of drug-likeness (QED) is 0.821. The second-order valence-electron chi connectivity index (χ2n) is 5.77. The number of hydrogen-bond donors (Lipinski definition) is 2. The number of benzene rings is 1. The van der Waals surface area contributed by atoms with Crippen LogP contribution in [0.1, 0.15) is 18.1 Å². The van der Waals surface area contributed by atoms with Gasteiger partial charge >= 0.3 is 12.0 Å². The number of nitrogens with one attached hydrogen (secondary N) is 1. The van der Waals surface area contributed by atoms with E-state index in [4.69, 9.17) is 14.6 Å². The number of ether oxygens (including phenoxy) is 2. The van der Waals surface area contributed by atoms with E-state index in [0.29, 0.717) is 29.9 Å². The van der Waals surface area contributed by atoms with Crippen LogP contribution < -0.4 is 10.1 Å². The highest BCUT2D eigenvalue weighted by Gasteiger charge is 2.19. The van der Waals surface area contributed by atoms with Gasteiger partial charge in [-0.15, -0.1) is 0 Å². The Balaban J connectivity index is 1.89. The van der Waals surface area contributed by atoms with Gasteiger partial charge in [-0.2, -0.15) is 0 Å². The van der Waals surface area contributed by atoms with Crippen LogP contribution in [0.3, 0.4) is 0 Å². The maximum atomic E-state index is 13.6. The molecule has 24 heavy (non-hydrogen) atoms. The van der Waals surface area contributed by atoms with Gasteiger partial charge in [0.15, 0.2) is 6.79 Å². The molecular weight excluding hydrogens is 319 g/mol. The number of rotatable bonds is 6. The summed E-state index contributed by atoms with van der Waals surface area (Å²) in [6, 6.07) is 2.38. The smallest absolute Gasteiger partial charge is 0.317 e. The summed E-state index contributed by atoms with van der Waals surface area (Å²) in [4.78, 5) is 24.1. The molecule has 2 amide bonds. The van der Waals surface area contributed by atoms with Crippen molar-refractivity contribution in [3.05, 3.63) is 29.1 Å². The van der Waals surface area contributed by atoms with Crippen molar-refractivity contribution in [3.63, 3.8) is 0 Å². The van der Waals surface area contributed by atoms with Crippen LogP contribution in [0.4, 0.5) is 9.18 Å². The normalized spacial score (nSPS) is 14.3. The van der Waals surface area contributed by atoms with Gasteiger partial charge in [0, 0.05) is 25.7 Å². The lowest BCUT2D eigenvalue weighted by Crippen LogP contribution is -2.41. The van der Waals surface area contributed by atoms with Gasteiger partial charge in [-0.05, 0) is 24.1 Å². The van der Waals surface area contributed by atoms with E-state index in [0.717, 1.165) is 0 Å². The summed E-state index contributed by atoms with van der Waals surface area (Å²) in [7, 11) is 1.53. The van der Waals surface area contributed by atoms with Gasteiger partial charge in [0.05, 0.1) is 12.5 Å². The van der Waals surface area contributed by atoms with Crippen LogP contribution in [0, 0.1) is 11.7 Å². The fourth-order valence-corrected chi connectivity index (χ4v) is 2.45. The zero-order chi connectivity index (χ0) is 17.7. The molecule has 0 spiro atoms. The van der Waals surface area contributed by atoms with E-state index < -0.39 is 11.9 Å². The number of aliphatic carboxylic acids is 1. The summed E-state index contributed by atoms with van der Waals surface area (Å²) in [6.07, 6.45) is 0.397. The molecule has 0 bridgehead atoms. The monoisotopic (exact) mass is 340 g/mol. The number of urea groups is 1. The molecule has 0 aromatic heterocycles. The Kier molecular flexibility index (Phi) is 5.97. The first-order chi connectivity index (χ1) is 11.4. The molecule has 1 aliphatic rings. The van der Waals surface area contributed by atoms with Crippen LogP contribution in [0.25, 0.3) is 0 Å². The standard InChI is InChI=1S/C16H21FN2O5/c1-10(15(20)21)7-19(2)16(22)18-4-3-11-5-13(17)6-12-8-23-9-24-14(11)12/h5-6,10H,3-4,7-9H2,1-2H3,(H,18,22)(H,20,21). The van der Waals surface area contributed by atoms with Crippen LogP contribution in [0.5, 0.6) is 5.75 Å². The molecule has 2 N–H and O–H groups in total. The molecule has 0 fully saturated rings. The van der Waals surface area contributed by atoms with Crippen molar-refractivity contribution in [1.29, 1.82) is 0 Å². The zero-order valence-corrected chi connectivity index (χ0v) is 13.7. The molecule has 0 saturated carbocycles. The van der Waals surface area contributed by atoms with Crippen LogP contribution in [-0.2, 0) is 22.6 Å². The lowest BCUT2D eigenvalue weighted by atomic mass is 10.1. The van der Waals surface area contributed by atoms with Crippen molar-refractivity contribution in [1.82, 2.24) is 10.2 Å². The molecule has 2 rings (SSSR count).